The number of rotatable bonds is 3. The fraction of sp³-hybridized carbons (Fsp3) is 0.105. The number of phenolic OH excluding ortho intramolecular Hbond substituents is 1. The van der Waals surface area contributed by atoms with E-state index >= 15 is 0 Å². The number of nitrogens with zero attached hydrogens (tertiary/aromatic N) is 1. The van der Waals surface area contributed by atoms with Gasteiger partial charge in [0.2, 0.25) is 0 Å². The number of hydrogen-bond acceptors (Lipinski definition) is 5. The van der Waals surface area contributed by atoms with Crippen LogP contribution in [0.1, 0.15) is 28.4 Å². The third-order valence-electron chi connectivity index (χ3n) is 3.77. The van der Waals surface area contributed by atoms with Gasteiger partial charge in [-0.3, -0.25) is 4.79 Å². The molecule has 126 valence electrons. The van der Waals surface area contributed by atoms with Gasteiger partial charge in [0.1, 0.15) is 5.75 Å². The summed E-state index contributed by atoms with van der Waals surface area (Å²) in [5.41, 5.74) is 4.23. The first kappa shape index (κ1) is 16.4. The van der Waals surface area contributed by atoms with Gasteiger partial charge in [0.15, 0.2) is 5.58 Å². The molecule has 1 aromatic heterocycles. The molecule has 0 saturated carbocycles. The highest BCUT2D eigenvalue weighted by Gasteiger charge is 2.14. The molecule has 6 nitrogen and oxygen atoms in total. The van der Waals surface area contributed by atoms with Crippen LogP contribution in [0.5, 0.6) is 5.75 Å². The number of phenols is 1. The maximum atomic E-state index is 12.1. The van der Waals surface area contributed by atoms with E-state index in [1.54, 1.807) is 31.2 Å². The highest BCUT2D eigenvalue weighted by molar-refractivity contribution is 6.10. The summed E-state index contributed by atoms with van der Waals surface area (Å²) in [6, 6.07) is 13.1. The van der Waals surface area contributed by atoms with E-state index in [2.05, 4.69) is 10.5 Å². The first-order valence-corrected chi connectivity index (χ1v) is 7.63. The smallest absolute Gasteiger partial charge is 0.336 e. The summed E-state index contributed by atoms with van der Waals surface area (Å²) in [7, 11) is 0. The average Bonchev–Trinajstić information content (AvgIpc) is 2.59. The molecule has 0 aliphatic rings. The Kier molecular flexibility index (Phi) is 4.35. The predicted octanol–water partition coefficient (Wildman–Crippen LogP) is 2.96. The van der Waals surface area contributed by atoms with E-state index < -0.39 is 5.63 Å². The molecule has 6 heteroatoms. The van der Waals surface area contributed by atoms with E-state index in [-0.39, 0.29) is 22.8 Å². The second-order valence-corrected chi connectivity index (χ2v) is 5.64. The van der Waals surface area contributed by atoms with Crippen molar-refractivity contribution in [3.8, 4) is 5.75 Å². The maximum Gasteiger partial charge on any atom is 0.336 e. The second-order valence-electron chi connectivity index (χ2n) is 5.64. The molecule has 0 spiro atoms. The van der Waals surface area contributed by atoms with Gasteiger partial charge in [0.05, 0.1) is 11.3 Å². The zero-order valence-corrected chi connectivity index (χ0v) is 13.7. The Balaban J connectivity index is 1.95. The monoisotopic (exact) mass is 336 g/mol. The van der Waals surface area contributed by atoms with Gasteiger partial charge in [0.25, 0.3) is 5.91 Å². The lowest BCUT2D eigenvalue weighted by Gasteiger charge is -2.08. The third kappa shape index (κ3) is 3.42. The summed E-state index contributed by atoms with van der Waals surface area (Å²) in [6.45, 7) is 3.54. The van der Waals surface area contributed by atoms with Crippen molar-refractivity contribution in [1.29, 1.82) is 0 Å². The lowest BCUT2D eigenvalue weighted by Crippen LogP contribution is -2.19. The van der Waals surface area contributed by atoms with Crippen molar-refractivity contribution in [2.45, 2.75) is 13.8 Å². The molecule has 3 rings (SSSR count). The molecule has 0 aliphatic heterocycles. The quantitative estimate of drug-likeness (QED) is 0.437. The minimum absolute atomic E-state index is 0.0901. The molecule has 25 heavy (non-hydrogen) atoms. The molecule has 0 aliphatic carbocycles. The number of nitrogens with one attached hydrogen (secondary N) is 1. The van der Waals surface area contributed by atoms with Gasteiger partial charge in [-0.05, 0) is 44.2 Å². The number of fused-ring (bicyclic) bond motifs is 1. The van der Waals surface area contributed by atoms with E-state index in [9.17, 15) is 14.7 Å². The molecule has 0 bridgehead atoms. The van der Waals surface area contributed by atoms with E-state index in [4.69, 9.17) is 4.42 Å². The zero-order valence-electron chi connectivity index (χ0n) is 13.7. The van der Waals surface area contributed by atoms with Crippen molar-refractivity contribution in [3.05, 3.63) is 75.6 Å². The SMILES string of the molecule is C/C(=N\NC(=O)c1ccc(C)cc1)c1c(O)ccc2ccc(=O)oc12. The second kappa shape index (κ2) is 6.60. The molecule has 3 aromatic rings. The van der Waals surface area contributed by atoms with Crippen LogP contribution in [0.4, 0.5) is 0 Å². The van der Waals surface area contributed by atoms with Crippen LogP contribution < -0.4 is 11.1 Å². The van der Waals surface area contributed by atoms with Gasteiger partial charge in [-0.25, -0.2) is 10.2 Å². The number of hydrogen-bond donors (Lipinski definition) is 2. The first-order valence-electron chi connectivity index (χ1n) is 7.63. The molecule has 2 aromatic carbocycles. The average molecular weight is 336 g/mol. The molecular formula is C19H16N2O4. The molecular weight excluding hydrogens is 320 g/mol. The molecule has 1 heterocycles. The van der Waals surface area contributed by atoms with Gasteiger partial charge in [0, 0.05) is 17.0 Å². The van der Waals surface area contributed by atoms with Crippen LogP contribution in [0.3, 0.4) is 0 Å². The Morgan fingerprint density at radius 3 is 2.48 bits per heavy atom. The lowest BCUT2D eigenvalue weighted by atomic mass is 10.1. The number of carbonyl (C=O) groups excluding carboxylic acids is 1. The van der Waals surface area contributed by atoms with Gasteiger partial charge in [-0.2, -0.15) is 5.10 Å². The summed E-state index contributed by atoms with van der Waals surface area (Å²) in [5, 5.41) is 14.8. The van der Waals surface area contributed by atoms with Crippen LogP contribution in [0.25, 0.3) is 11.0 Å². The number of hydrazone groups is 1. The van der Waals surface area contributed by atoms with Crippen molar-refractivity contribution in [3.63, 3.8) is 0 Å². The molecule has 2 N–H and O–H groups in total. The standard InChI is InChI=1S/C19H16N2O4/c1-11-3-5-14(6-4-11)19(24)21-20-12(2)17-15(22)9-7-13-8-10-16(23)25-18(13)17/h3-10,22H,1-2H3,(H,21,24)/b20-12+. The number of aryl methyl sites for hydroxylation is 1. The van der Waals surface area contributed by atoms with E-state index in [1.165, 1.54) is 12.1 Å². The zero-order chi connectivity index (χ0) is 18.0. The summed E-state index contributed by atoms with van der Waals surface area (Å²) in [6.07, 6.45) is 0. The van der Waals surface area contributed by atoms with Crippen LogP contribution in [-0.4, -0.2) is 16.7 Å². The third-order valence-corrected chi connectivity index (χ3v) is 3.77. The van der Waals surface area contributed by atoms with Gasteiger partial charge < -0.3 is 9.52 Å². The summed E-state index contributed by atoms with van der Waals surface area (Å²) in [5.74, 6) is -0.465. The molecule has 0 saturated heterocycles. The highest BCUT2D eigenvalue weighted by Crippen LogP contribution is 2.26. The van der Waals surface area contributed by atoms with Crippen LogP contribution in [-0.2, 0) is 0 Å². The first-order chi connectivity index (χ1) is 12.0. The minimum atomic E-state index is -0.532. The molecule has 0 radical (unpaired) electrons. The Bertz CT molecular complexity index is 1030. The van der Waals surface area contributed by atoms with E-state index in [0.29, 0.717) is 16.7 Å². The molecule has 0 atom stereocenters. The number of amides is 1. The molecule has 1 amide bonds. The fourth-order valence-corrected chi connectivity index (χ4v) is 2.43. The van der Waals surface area contributed by atoms with Crippen LogP contribution in [0.15, 0.2) is 62.8 Å². The Hall–Kier alpha value is -3.41. The van der Waals surface area contributed by atoms with E-state index in [0.717, 1.165) is 5.56 Å². The Morgan fingerprint density at radius 1 is 1.08 bits per heavy atom. The summed E-state index contributed by atoms with van der Waals surface area (Å²) < 4.78 is 5.19. The van der Waals surface area contributed by atoms with Gasteiger partial charge in [-0.1, -0.05) is 17.7 Å². The summed E-state index contributed by atoms with van der Waals surface area (Å²) >= 11 is 0. The van der Waals surface area contributed by atoms with Crippen molar-refractivity contribution in [1.82, 2.24) is 5.43 Å². The van der Waals surface area contributed by atoms with E-state index in [1.807, 2.05) is 19.1 Å². The van der Waals surface area contributed by atoms with Gasteiger partial charge in [-0.15, -0.1) is 0 Å². The number of aromatic hydroxyl groups is 1. The van der Waals surface area contributed by atoms with Crippen LogP contribution >= 0.6 is 0 Å². The largest absolute Gasteiger partial charge is 0.507 e. The maximum absolute atomic E-state index is 12.1. The van der Waals surface area contributed by atoms with Crippen LogP contribution in [0.2, 0.25) is 0 Å². The summed E-state index contributed by atoms with van der Waals surface area (Å²) in [4.78, 5) is 23.6. The number of carbonyl (C=O) groups is 1. The van der Waals surface area contributed by atoms with Crippen LogP contribution in [0, 0.1) is 6.92 Å². The normalized spacial score (nSPS) is 11.5. The lowest BCUT2D eigenvalue weighted by molar-refractivity contribution is 0.0955. The Morgan fingerprint density at radius 2 is 1.76 bits per heavy atom. The van der Waals surface area contributed by atoms with Crippen molar-refractivity contribution >= 4 is 22.6 Å². The van der Waals surface area contributed by atoms with Crippen molar-refractivity contribution < 1.29 is 14.3 Å². The van der Waals surface area contributed by atoms with Crippen molar-refractivity contribution in [2.24, 2.45) is 5.10 Å². The topological polar surface area (TPSA) is 91.9 Å². The fourth-order valence-electron chi connectivity index (χ4n) is 2.43. The predicted molar refractivity (Wildman–Crippen MR) is 95.0 cm³/mol. The van der Waals surface area contributed by atoms with Gasteiger partial charge >= 0.3 is 5.63 Å². The minimum Gasteiger partial charge on any atom is -0.507 e. The molecule has 0 fully saturated rings. The Labute approximate surface area is 143 Å². The number of benzene rings is 2. The molecule has 0 unspecified atom stereocenters. The van der Waals surface area contributed by atoms with Crippen molar-refractivity contribution in [2.75, 3.05) is 0 Å². The highest BCUT2D eigenvalue weighted by atomic mass is 16.4.